The quantitative estimate of drug-likeness (QED) is 0.717. The van der Waals surface area contributed by atoms with Gasteiger partial charge in [0, 0.05) is 48.8 Å². The number of carbonyl (C=O) groups is 1. The molecule has 0 bridgehead atoms. The molecule has 0 N–H and O–H groups in total. The maximum atomic E-state index is 12.5. The van der Waals surface area contributed by atoms with Crippen LogP contribution in [-0.4, -0.2) is 51.9 Å². The Bertz CT molecular complexity index is 885. The zero-order chi connectivity index (χ0) is 16.5. The Kier molecular flexibility index (Phi) is 3.86. The highest BCUT2D eigenvalue weighted by molar-refractivity contribution is 7.09. The summed E-state index contributed by atoms with van der Waals surface area (Å²) in [6, 6.07) is 6.20. The van der Waals surface area contributed by atoms with Gasteiger partial charge in [-0.2, -0.15) is 0 Å². The maximum absolute atomic E-state index is 12.5. The molecule has 1 aromatic carbocycles. The van der Waals surface area contributed by atoms with Crippen LogP contribution in [0.3, 0.4) is 0 Å². The van der Waals surface area contributed by atoms with Gasteiger partial charge >= 0.3 is 0 Å². The first-order chi connectivity index (χ1) is 11.7. The third kappa shape index (κ3) is 2.82. The minimum absolute atomic E-state index is 0.0333. The van der Waals surface area contributed by atoms with E-state index in [-0.39, 0.29) is 5.91 Å². The van der Waals surface area contributed by atoms with Crippen molar-refractivity contribution in [2.24, 2.45) is 0 Å². The summed E-state index contributed by atoms with van der Waals surface area (Å²) in [4.78, 5) is 29.3. The second-order valence-corrected chi connectivity index (χ2v) is 6.86. The molecule has 1 aliphatic heterocycles. The molecule has 7 heteroatoms. The molecule has 1 fully saturated rings. The van der Waals surface area contributed by atoms with Crippen molar-refractivity contribution in [1.82, 2.24) is 19.9 Å². The molecule has 0 spiro atoms. The Morgan fingerprint density at radius 1 is 1.21 bits per heavy atom. The van der Waals surface area contributed by atoms with E-state index in [4.69, 9.17) is 0 Å². The van der Waals surface area contributed by atoms with Crippen LogP contribution >= 0.6 is 11.3 Å². The van der Waals surface area contributed by atoms with Crippen molar-refractivity contribution in [3.05, 3.63) is 46.8 Å². The van der Waals surface area contributed by atoms with E-state index in [0.717, 1.165) is 34.7 Å². The predicted octanol–water partition coefficient (Wildman–Crippen LogP) is 2.36. The summed E-state index contributed by atoms with van der Waals surface area (Å²) in [6.07, 6.45) is 3.39. The van der Waals surface area contributed by atoms with Gasteiger partial charge in [-0.05, 0) is 25.1 Å². The molecular formula is C17H17N5OS. The van der Waals surface area contributed by atoms with Crippen molar-refractivity contribution in [3.63, 3.8) is 0 Å². The Morgan fingerprint density at radius 3 is 2.79 bits per heavy atom. The van der Waals surface area contributed by atoms with E-state index in [1.165, 1.54) is 11.3 Å². The van der Waals surface area contributed by atoms with E-state index in [1.807, 2.05) is 29.5 Å². The summed E-state index contributed by atoms with van der Waals surface area (Å²) in [7, 11) is 0. The van der Waals surface area contributed by atoms with Crippen LogP contribution in [0.15, 0.2) is 36.1 Å². The number of piperazine rings is 1. The molecule has 0 aliphatic carbocycles. The van der Waals surface area contributed by atoms with Crippen LogP contribution in [0.5, 0.6) is 0 Å². The van der Waals surface area contributed by atoms with Crippen LogP contribution in [0, 0.1) is 6.92 Å². The monoisotopic (exact) mass is 339 g/mol. The highest BCUT2D eigenvalue weighted by Gasteiger charge is 2.23. The highest BCUT2D eigenvalue weighted by atomic mass is 32.1. The standard InChI is InChI=1S/C17H17N5OS/c1-12-20-16(10-24-12)17(23)22-6-4-21(5-7-22)14-2-3-15-13(8-14)9-18-11-19-15/h2-3,8-11H,4-7H2,1H3. The van der Waals surface area contributed by atoms with Gasteiger partial charge in [0.2, 0.25) is 0 Å². The zero-order valence-electron chi connectivity index (χ0n) is 13.3. The molecule has 24 heavy (non-hydrogen) atoms. The molecular weight excluding hydrogens is 322 g/mol. The fourth-order valence-electron chi connectivity index (χ4n) is 2.96. The lowest BCUT2D eigenvalue weighted by Gasteiger charge is -2.35. The first-order valence-corrected chi connectivity index (χ1v) is 8.75. The molecule has 3 aromatic rings. The molecule has 6 nitrogen and oxygen atoms in total. The maximum Gasteiger partial charge on any atom is 0.273 e. The lowest BCUT2D eigenvalue weighted by molar-refractivity contribution is 0.0741. The summed E-state index contributed by atoms with van der Waals surface area (Å²) in [5.74, 6) is 0.0333. The topological polar surface area (TPSA) is 62.2 Å². The number of hydrogen-bond acceptors (Lipinski definition) is 6. The third-order valence-corrected chi connectivity index (χ3v) is 5.03. The van der Waals surface area contributed by atoms with Crippen LogP contribution in [0.25, 0.3) is 10.9 Å². The van der Waals surface area contributed by atoms with Gasteiger partial charge in [-0.15, -0.1) is 11.3 Å². The number of carbonyl (C=O) groups excluding carboxylic acids is 1. The number of nitrogens with zero attached hydrogens (tertiary/aromatic N) is 5. The number of benzene rings is 1. The number of anilines is 1. The lowest BCUT2D eigenvalue weighted by Crippen LogP contribution is -2.48. The Morgan fingerprint density at radius 2 is 2.04 bits per heavy atom. The first-order valence-electron chi connectivity index (χ1n) is 7.87. The molecule has 3 heterocycles. The molecule has 122 valence electrons. The van der Waals surface area contributed by atoms with Gasteiger partial charge in [0.1, 0.15) is 12.0 Å². The smallest absolute Gasteiger partial charge is 0.273 e. The minimum Gasteiger partial charge on any atom is -0.368 e. The van der Waals surface area contributed by atoms with E-state index in [2.05, 4.69) is 32.0 Å². The van der Waals surface area contributed by atoms with E-state index < -0.39 is 0 Å². The molecule has 4 rings (SSSR count). The van der Waals surface area contributed by atoms with Gasteiger partial charge in [0.05, 0.1) is 10.5 Å². The Balaban J connectivity index is 1.46. The van der Waals surface area contributed by atoms with Crippen LogP contribution in [0.2, 0.25) is 0 Å². The van der Waals surface area contributed by atoms with E-state index in [1.54, 1.807) is 6.33 Å². The van der Waals surface area contributed by atoms with Crippen molar-refractivity contribution >= 4 is 33.8 Å². The normalized spacial score (nSPS) is 15.0. The number of hydrogen-bond donors (Lipinski definition) is 0. The van der Waals surface area contributed by atoms with Gasteiger partial charge in [-0.1, -0.05) is 0 Å². The minimum atomic E-state index is 0.0333. The first kappa shape index (κ1) is 15.0. The number of thiazole rings is 1. The molecule has 1 amide bonds. The number of aromatic nitrogens is 3. The van der Waals surface area contributed by atoms with Crippen molar-refractivity contribution in [2.45, 2.75) is 6.92 Å². The largest absolute Gasteiger partial charge is 0.368 e. The summed E-state index contributed by atoms with van der Waals surface area (Å²) < 4.78 is 0. The number of aryl methyl sites for hydroxylation is 1. The average molecular weight is 339 g/mol. The molecule has 0 saturated carbocycles. The van der Waals surface area contributed by atoms with Gasteiger partial charge < -0.3 is 9.80 Å². The predicted molar refractivity (Wildman–Crippen MR) is 94.5 cm³/mol. The van der Waals surface area contributed by atoms with Gasteiger partial charge in [0.25, 0.3) is 5.91 Å². The summed E-state index contributed by atoms with van der Waals surface area (Å²) >= 11 is 1.51. The second-order valence-electron chi connectivity index (χ2n) is 5.80. The molecule has 1 aliphatic rings. The van der Waals surface area contributed by atoms with Crippen molar-refractivity contribution in [3.8, 4) is 0 Å². The zero-order valence-corrected chi connectivity index (χ0v) is 14.2. The van der Waals surface area contributed by atoms with Gasteiger partial charge in [-0.3, -0.25) is 4.79 Å². The van der Waals surface area contributed by atoms with Gasteiger partial charge in [-0.25, -0.2) is 15.0 Å². The SMILES string of the molecule is Cc1nc(C(=O)N2CCN(c3ccc4ncncc4c3)CC2)cs1. The van der Waals surface area contributed by atoms with Gasteiger partial charge in [0.15, 0.2) is 0 Å². The van der Waals surface area contributed by atoms with Crippen LogP contribution < -0.4 is 4.90 Å². The van der Waals surface area contributed by atoms with E-state index in [9.17, 15) is 4.79 Å². The number of fused-ring (bicyclic) bond motifs is 1. The molecule has 0 radical (unpaired) electrons. The fraction of sp³-hybridized carbons (Fsp3) is 0.294. The summed E-state index contributed by atoms with van der Waals surface area (Å²) in [5.41, 5.74) is 2.66. The van der Waals surface area contributed by atoms with Crippen LogP contribution in [-0.2, 0) is 0 Å². The molecule has 0 atom stereocenters. The molecule has 1 saturated heterocycles. The average Bonchev–Trinajstić information content (AvgIpc) is 3.07. The number of rotatable bonds is 2. The summed E-state index contributed by atoms with van der Waals surface area (Å²) in [5, 5.41) is 3.80. The number of amides is 1. The van der Waals surface area contributed by atoms with E-state index >= 15 is 0 Å². The fourth-order valence-corrected chi connectivity index (χ4v) is 3.55. The Labute approximate surface area is 143 Å². The van der Waals surface area contributed by atoms with Crippen LogP contribution in [0.4, 0.5) is 5.69 Å². The van der Waals surface area contributed by atoms with Crippen LogP contribution in [0.1, 0.15) is 15.5 Å². The van der Waals surface area contributed by atoms with Crippen molar-refractivity contribution < 1.29 is 4.79 Å². The summed E-state index contributed by atoms with van der Waals surface area (Å²) in [6.45, 7) is 4.96. The highest BCUT2D eigenvalue weighted by Crippen LogP contribution is 2.22. The lowest BCUT2D eigenvalue weighted by atomic mass is 10.2. The molecule has 0 unspecified atom stereocenters. The second kappa shape index (κ2) is 6.16. The Hall–Kier alpha value is -2.54. The van der Waals surface area contributed by atoms with Crippen molar-refractivity contribution in [2.75, 3.05) is 31.1 Å². The third-order valence-electron chi connectivity index (χ3n) is 4.26. The molecule has 2 aromatic heterocycles. The van der Waals surface area contributed by atoms with E-state index in [0.29, 0.717) is 18.8 Å². The van der Waals surface area contributed by atoms with Crippen molar-refractivity contribution in [1.29, 1.82) is 0 Å².